The Morgan fingerprint density at radius 2 is 1.62 bits per heavy atom. The molecule has 0 radical (unpaired) electrons. The predicted molar refractivity (Wildman–Crippen MR) is 100 cm³/mol. The highest BCUT2D eigenvalue weighted by molar-refractivity contribution is 5.99. The van der Waals surface area contributed by atoms with Gasteiger partial charge < -0.3 is 15.5 Å². The molecule has 1 aromatic heterocycles. The lowest BCUT2D eigenvalue weighted by Gasteiger charge is -2.38. The normalized spacial score (nSPS) is 14.2. The first-order valence-corrected chi connectivity index (χ1v) is 7.89. The molecule has 2 aromatic rings. The molecule has 3 rings (SSSR count). The minimum atomic E-state index is -0.407. The number of carbonyl (C=O) groups is 1. The number of pyridine rings is 1. The molecule has 0 bridgehead atoms. The Labute approximate surface area is 148 Å². The van der Waals surface area contributed by atoms with Crippen LogP contribution in [-0.2, 0) is 0 Å². The monoisotopic (exact) mass is 346 g/mol. The quantitative estimate of drug-likeness (QED) is 0.927. The number of nitrogens with zero attached hydrogens (tertiary/aromatic N) is 3. The molecule has 1 aliphatic rings. The van der Waals surface area contributed by atoms with E-state index >= 15 is 0 Å². The summed E-state index contributed by atoms with van der Waals surface area (Å²) in [5, 5.41) is 0. The third-order valence-corrected chi connectivity index (χ3v) is 4.30. The average Bonchev–Trinajstić information content (AvgIpc) is 2.54. The van der Waals surface area contributed by atoms with Crippen LogP contribution in [0.3, 0.4) is 0 Å². The first kappa shape index (κ1) is 18.1. The number of primary amides is 1. The maximum atomic E-state index is 11.8. The second-order valence-electron chi connectivity index (χ2n) is 5.92. The van der Waals surface area contributed by atoms with Crippen molar-refractivity contribution in [3.05, 3.63) is 53.3 Å². The molecule has 24 heavy (non-hydrogen) atoms. The molecular weight excluding hydrogens is 324 g/mol. The van der Waals surface area contributed by atoms with Gasteiger partial charge in [-0.3, -0.25) is 9.78 Å². The van der Waals surface area contributed by atoms with E-state index in [1.54, 1.807) is 0 Å². The van der Waals surface area contributed by atoms with Gasteiger partial charge in [-0.15, -0.1) is 12.4 Å². The van der Waals surface area contributed by atoms with Gasteiger partial charge in [0.15, 0.2) is 0 Å². The van der Waals surface area contributed by atoms with Crippen molar-refractivity contribution in [3.63, 3.8) is 0 Å². The molecule has 5 nitrogen and oxygen atoms in total. The number of nitrogens with two attached hydrogens (primary N) is 1. The number of carbonyl (C=O) groups excluding carboxylic acids is 1. The van der Waals surface area contributed by atoms with Gasteiger partial charge in [0.25, 0.3) is 5.91 Å². The van der Waals surface area contributed by atoms with E-state index in [0.717, 1.165) is 37.6 Å². The summed E-state index contributed by atoms with van der Waals surface area (Å²) in [5.41, 5.74) is 9.89. The van der Waals surface area contributed by atoms with Gasteiger partial charge in [0.05, 0.1) is 16.9 Å². The number of rotatable bonds is 3. The van der Waals surface area contributed by atoms with Gasteiger partial charge in [-0.2, -0.15) is 0 Å². The van der Waals surface area contributed by atoms with Crippen molar-refractivity contribution >= 4 is 29.7 Å². The highest BCUT2D eigenvalue weighted by Crippen LogP contribution is 2.26. The van der Waals surface area contributed by atoms with Crippen LogP contribution in [0, 0.1) is 13.8 Å². The number of amides is 1. The molecule has 0 spiro atoms. The van der Waals surface area contributed by atoms with Crippen LogP contribution in [0.25, 0.3) is 0 Å². The fraction of sp³-hybridized carbons (Fsp3) is 0.333. The lowest BCUT2D eigenvalue weighted by Crippen LogP contribution is -2.47. The zero-order valence-electron chi connectivity index (χ0n) is 14.0. The van der Waals surface area contributed by atoms with E-state index in [1.165, 1.54) is 5.69 Å². The number of piperazine rings is 1. The zero-order chi connectivity index (χ0) is 16.4. The topological polar surface area (TPSA) is 62.5 Å². The summed E-state index contributed by atoms with van der Waals surface area (Å²) in [4.78, 5) is 20.8. The van der Waals surface area contributed by atoms with Crippen molar-refractivity contribution in [2.75, 3.05) is 36.0 Å². The number of hydrogen-bond acceptors (Lipinski definition) is 4. The molecule has 0 unspecified atom stereocenters. The minimum absolute atomic E-state index is 0. The SMILES string of the molecule is Cc1cc(N2CCN(c3ccccc3)CC2)c(C(N)=O)c(C)n1.Cl. The zero-order valence-corrected chi connectivity index (χ0v) is 14.8. The van der Waals surface area contributed by atoms with E-state index in [1.807, 2.05) is 26.0 Å². The number of aromatic nitrogens is 1. The van der Waals surface area contributed by atoms with Crippen LogP contribution in [0.2, 0.25) is 0 Å². The van der Waals surface area contributed by atoms with Gasteiger partial charge in [-0.25, -0.2) is 0 Å². The van der Waals surface area contributed by atoms with Crippen molar-refractivity contribution in [1.82, 2.24) is 4.98 Å². The Morgan fingerprint density at radius 3 is 2.21 bits per heavy atom. The van der Waals surface area contributed by atoms with E-state index in [2.05, 4.69) is 39.0 Å². The van der Waals surface area contributed by atoms with Gasteiger partial charge in [-0.05, 0) is 32.0 Å². The molecule has 1 aromatic carbocycles. The number of hydrogen-bond donors (Lipinski definition) is 1. The Morgan fingerprint density at radius 1 is 1.04 bits per heavy atom. The van der Waals surface area contributed by atoms with Crippen LogP contribution in [-0.4, -0.2) is 37.1 Å². The molecule has 6 heteroatoms. The molecule has 1 amide bonds. The summed E-state index contributed by atoms with van der Waals surface area (Å²) in [6, 6.07) is 12.4. The number of halogens is 1. The molecule has 0 atom stereocenters. The molecule has 2 N–H and O–H groups in total. The Bertz CT molecular complexity index is 712. The van der Waals surface area contributed by atoms with Crippen molar-refractivity contribution in [3.8, 4) is 0 Å². The predicted octanol–water partition coefficient (Wildman–Crippen LogP) is 2.55. The van der Waals surface area contributed by atoms with Gasteiger partial charge in [0, 0.05) is 37.6 Å². The fourth-order valence-corrected chi connectivity index (χ4v) is 3.21. The molecular formula is C18H23ClN4O. The van der Waals surface area contributed by atoms with Gasteiger partial charge >= 0.3 is 0 Å². The Hall–Kier alpha value is -2.27. The Balaban J connectivity index is 0.00000208. The maximum absolute atomic E-state index is 11.8. The number of benzene rings is 1. The van der Waals surface area contributed by atoms with E-state index in [9.17, 15) is 4.79 Å². The molecule has 128 valence electrons. The van der Waals surface area contributed by atoms with E-state index in [4.69, 9.17) is 5.73 Å². The van der Waals surface area contributed by atoms with Gasteiger partial charge in [0.1, 0.15) is 0 Å². The van der Waals surface area contributed by atoms with E-state index in [0.29, 0.717) is 11.3 Å². The number of aryl methyl sites for hydroxylation is 2. The van der Waals surface area contributed by atoms with Crippen molar-refractivity contribution in [2.24, 2.45) is 5.73 Å². The van der Waals surface area contributed by atoms with Crippen LogP contribution in [0.5, 0.6) is 0 Å². The molecule has 1 saturated heterocycles. The molecule has 1 aliphatic heterocycles. The lowest BCUT2D eigenvalue weighted by atomic mass is 10.1. The Kier molecular flexibility index (Phi) is 5.67. The smallest absolute Gasteiger partial charge is 0.252 e. The molecule has 2 heterocycles. The van der Waals surface area contributed by atoms with Crippen LogP contribution < -0.4 is 15.5 Å². The molecule has 0 aliphatic carbocycles. The summed E-state index contributed by atoms with van der Waals surface area (Å²) in [7, 11) is 0. The van der Waals surface area contributed by atoms with Crippen molar-refractivity contribution in [1.29, 1.82) is 0 Å². The lowest BCUT2D eigenvalue weighted by molar-refractivity contribution is 0.0999. The first-order chi connectivity index (χ1) is 11.1. The van der Waals surface area contributed by atoms with Crippen molar-refractivity contribution in [2.45, 2.75) is 13.8 Å². The van der Waals surface area contributed by atoms with E-state index in [-0.39, 0.29) is 12.4 Å². The second-order valence-corrected chi connectivity index (χ2v) is 5.92. The highest BCUT2D eigenvalue weighted by atomic mass is 35.5. The third-order valence-electron chi connectivity index (χ3n) is 4.30. The number of anilines is 2. The summed E-state index contributed by atoms with van der Waals surface area (Å²) in [6.07, 6.45) is 0. The van der Waals surface area contributed by atoms with Crippen molar-refractivity contribution < 1.29 is 4.79 Å². The van der Waals surface area contributed by atoms with Gasteiger partial charge in [0.2, 0.25) is 0 Å². The summed E-state index contributed by atoms with van der Waals surface area (Å²) in [6.45, 7) is 7.35. The second kappa shape index (κ2) is 7.53. The van der Waals surface area contributed by atoms with Crippen LogP contribution in [0.1, 0.15) is 21.7 Å². The van der Waals surface area contributed by atoms with Crippen LogP contribution in [0.15, 0.2) is 36.4 Å². The highest BCUT2D eigenvalue weighted by Gasteiger charge is 2.23. The van der Waals surface area contributed by atoms with Gasteiger partial charge in [-0.1, -0.05) is 18.2 Å². The minimum Gasteiger partial charge on any atom is -0.368 e. The van der Waals surface area contributed by atoms with Crippen LogP contribution >= 0.6 is 12.4 Å². The fourth-order valence-electron chi connectivity index (χ4n) is 3.21. The molecule has 0 saturated carbocycles. The summed E-state index contributed by atoms with van der Waals surface area (Å²) >= 11 is 0. The van der Waals surface area contributed by atoms with E-state index < -0.39 is 5.91 Å². The van der Waals surface area contributed by atoms with Crippen LogP contribution in [0.4, 0.5) is 11.4 Å². The average molecular weight is 347 g/mol. The molecule has 1 fully saturated rings. The largest absolute Gasteiger partial charge is 0.368 e. The summed E-state index contributed by atoms with van der Waals surface area (Å²) in [5.74, 6) is -0.407. The third kappa shape index (κ3) is 3.62. The number of para-hydroxylation sites is 1. The maximum Gasteiger partial charge on any atom is 0.252 e. The summed E-state index contributed by atoms with van der Waals surface area (Å²) < 4.78 is 0. The standard InChI is InChI=1S/C18H22N4O.ClH/c1-13-12-16(17(18(19)23)14(2)20-13)22-10-8-21(9-11-22)15-6-4-3-5-7-15;/h3-7,12H,8-11H2,1-2H3,(H2,19,23);1H. The first-order valence-electron chi connectivity index (χ1n) is 7.89.